The summed E-state index contributed by atoms with van der Waals surface area (Å²) in [6.45, 7) is 0. The molecule has 24 valence electrons. The Morgan fingerprint density at radius 3 is 2.25 bits per heavy atom. The van der Waals surface area contributed by atoms with Crippen molar-refractivity contribution in [2.75, 3.05) is 0 Å². The highest BCUT2D eigenvalue weighted by atomic mass is 127. The summed E-state index contributed by atoms with van der Waals surface area (Å²) in [5.74, 6) is 0. The minimum absolute atomic E-state index is 1.12. The molecule has 0 heterocycles. The Balaban J connectivity index is 2.30. The van der Waals surface area contributed by atoms with E-state index in [1.807, 2.05) is 21.2 Å². The molecule has 0 saturated heterocycles. The number of nitrogens with one attached hydrogen (secondary N) is 1. The molecule has 4 heteroatoms. The molecule has 0 aromatic rings. The number of hydrogen-bond donors (Lipinski definition) is 1. The highest BCUT2D eigenvalue weighted by Gasteiger charge is 1.50. The lowest BCUT2D eigenvalue weighted by Crippen LogP contribution is -1.07. The SMILES string of the molecule is N=NSI. The molecule has 4 heavy (non-hydrogen) atoms. The van der Waals surface area contributed by atoms with Gasteiger partial charge in [-0.1, -0.05) is 0 Å². The predicted octanol–water partition coefficient (Wildman–Crippen LogP) is 2.02. The lowest BCUT2D eigenvalue weighted by molar-refractivity contribution is 1.26. The molecule has 0 saturated carbocycles. The molecule has 1 N–H and O–H groups in total. The number of nitrogens with zero attached hydrogens (tertiary/aromatic N) is 1. The first-order chi connectivity index (χ1) is 1.91. The first kappa shape index (κ1) is 4.68. The van der Waals surface area contributed by atoms with Crippen LogP contribution in [-0.2, 0) is 0 Å². The molecule has 0 aliphatic carbocycles. The molecule has 0 rings (SSSR count). The minimum atomic E-state index is 1.12. The van der Waals surface area contributed by atoms with Gasteiger partial charge in [-0.2, -0.15) is 5.53 Å². The van der Waals surface area contributed by atoms with E-state index in [9.17, 15) is 0 Å². The summed E-state index contributed by atoms with van der Waals surface area (Å²) in [5.41, 5.74) is 6.03. The van der Waals surface area contributed by atoms with Crippen molar-refractivity contribution in [2.24, 2.45) is 4.52 Å². The van der Waals surface area contributed by atoms with Crippen molar-refractivity contribution in [1.29, 1.82) is 5.53 Å². The largest absolute Gasteiger partial charge is 0.197 e. The van der Waals surface area contributed by atoms with Crippen molar-refractivity contribution in [3.63, 3.8) is 0 Å². The molecule has 0 aromatic carbocycles. The maximum absolute atomic E-state index is 6.03. The number of hydrogen-bond acceptors (Lipinski definition) is 3. The van der Waals surface area contributed by atoms with Crippen molar-refractivity contribution in [3.8, 4) is 0 Å². The first-order valence-electron chi connectivity index (χ1n) is 0.560. The van der Waals surface area contributed by atoms with Crippen LogP contribution in [0.15, 0.2) is 4.52 Å². The molecule has 0 atom stereocenters. The third-order valence-electron chi connectivity index (χ3n) is 0.0345. The van der Waals surface area contributed by atoms with Crippen molar-refractivity contribution in [1.82, 2.24) is 0 Å². The Labute approximate surface area is 40.6 Å². The molecule has 2 nitrogen and oxygen atoms in total. The summed E-state index contributed by atoms with van der Waals surface area (Å²) < 4.78 is 2.89. The predicted molar refractivity (Wildman–Crippen MR) is 26.8 cm³/mol. The van der Waals surface area contributed by atoms with Gasteiger partial charge in [-0.25, -0.2) is 0 Å². The van der Waals surface area contributed by atoms with Crippen molar-refractivity contribution in [3.05, 3.63) is 0 Å². The van der Waals surface area contributed by atoms with Crippen molar-refractivity contribution in [2.45, 2.75) is 0 Å². The Morgan fingerprint density at radius 2 is 2.25 bits per heavy atom. The summed E-state index contributed by atoms with van der Waals surface area (Å²) >= 11 is 1.91. The van der Waals surface area contributed by atoms with Gasteiger partial charge in [-0.3, -0.25) is 0 Å². The van der Waals surface area contributed by atoms with Gasteiger partial charge < -0.3 is 0 Å². The van der Waals surface area contributed by atoms with E-state index in [0.29, 0.717) is 0 Å². The molecular weight excluding hydrogens is 187 g/mol. The summed E-state index contributed by atoms with van der Waals surface area (Å²) in [7, 11) is 1.12. The van der Waals surface area contributed by atoms with Crippen LogP contribution < -0.4 is 0 Å². The topological polar surface area (TPSA) is 36.2 Å². The third kappa shape index (κ3) is 2.68. The Hall–Kier alpha value is 0.680. The molecule has 0 aromatic heterocycles. The van der Waals surface area contributed by atoms with Crippen LogP contribution in [0.1, 0.15) is 0 Å². The second-order valence-corrected chi connectivity index (χ2v) is 1.66. The molecule has 0 spiro atoms. The summed E-state index contributed by atoms with van der Waals surface area (Å²) in [5, 5.41) is 0. The Morgan fingerprint density at radius 1 is 2.00 bits per heavy atom. The molecule has 0 bridgehead atoms. The summed E-state index contributed by atoms with van der Waals surface area (Å²) in [6, 6.07) is 0. The smallest absolute Gasteiger partial charge is 0.0700 e. The van der Waals surface area contributed by atoms with Gasteiger partial charge in [0.05, 0.1) is 9.12 Å². The molecule has 0 unspecified atom stereocenters. The van der Waals surface area contributed by atoms with Crippen LogP contribution in [0.25, 0.3) is 0 Å². The quantitative estimate of drug-likeness (QED) is 0.381. The Bertz CT molecular complexity index is 20.0. The minimum Gasteiger partial charge on any atom is -0.197 e. The maximum atomic E-state index is 6.03. The number of rotatable bonds is 1. The Kier molecular flexibility index (Phi) is 4.31. The third-order valence-corrected chi connectivity index (χ3v) is 0.694. The van der Waals surface area contributed by atoms with Crippen LogP contribution in [0, 0.1) is 5.53 Å². The fourth-order valence-corrected chi connectivity index (χ4v) is 0. The molecule has 0 aliphatic heterocycles. The van der Waals surface area contributed by atoms with E-state index in [1.54, 1.807) is 0 Å². The van der Waals surface area contributed by atoms with Crippen molar-refractivity contribution < 1.29 is 0 Å². The maximum Gasteiger partial charge on any atom is 0.0700 e. The second-order valence-electron chi connectivity index (χ2n) is 0.160. The zero-order valence-electron chi connectivity index (χ0n) is 1.73. The zero-order chi connectivity index (χ0) is 3.41. The van der Waals surface area contributed by atoms with Gasteiger partial charge in [0, 0.05) is 21.2 Å². The average Bonchev–Trinajstić information content (AvgIpc) is 1.37. The van der Waals surface area contributed by atoms with Gasteiger partial charge in [0.25, 0.3) is 0 Å². The lowest BCUT2D eigenvalue weighted by Gasteiger charge is -1.53. The lowest BCUT2D eigenvalue weighted by atomic mass is 13.3. The van der Waals surface area contributed by atoms with E-state index < -0.39 is 0 Å². The van der Waals surface area contributed by atoms with E-state index in [2.05, 4.69) is 4.52 Å². The highest BCUT2D eigenvalue weighted by molar-refractivity contribution is 14.2. The van der Waals surface area contributed by atoms with Gasteiger partial charge in [0.15, 0.2) is 0 Å². The molecule has 0 aliphatic rings. The zero-order valence-corrected chi connectivity index (χ0v) is 4.71. The van der Waals surface area contributed by atoms with E-state index in [0.717, 1.165) is 9.12 Å². The van der Waals surface area contributed by atoms with E-state index >= 15 is 0 Å². The molecule has 0 fully saturated rings. The van der Waals surface area contributed by atoms with Crippen LogP contribution in [0.3, 0.4) is 0 Å². The fraction of sp³-hybridized carbons (Fsp3) is 0. The standard InChI is InChI=1S/HIN2S/c1-4-3-2/h2H. The van der Waals surface area contributed by atoms with Gasteiger partial charge >= 0.3 is 0 Å². The summed E-state index contributed by atoms with van der Waals surface area (Å²) in [6.07, 6.45) is 0. The van der Waals surface area contributed by atoms with E-state index in [-0.39, 0.29) is 0 Å². The first-order valence-corrected chi connectivity index (χ1v) is 3.88. The van der Waals surface area contributed by atoms with Crippen molar-refractivity contribution >= 4 is 30.3 Å². The normalized spacial score (nSPS) is 6.25. The van der Waals surface area contributed by atoms with E-state index in [4.69, 9.17) is 5.53 Å². The van der Waals surface area contributed by atoms with Crippen LogP contribution in [0.2, 0.25) is 0 Å². The van der Waals surface area contributed by atoms with Crippen LogP contribution >= 0.6 is 30.3 Å². The van der Waals surface area contributed by atoms with Crippen LogP contribution in [0.4, 0.5) is 0 Å². The van der Waals surface area contributed by atoms with Gasteiger partial charge in [-0.05, 0) is 0 Å². The second kappa shape index (κ2) is 3.68. The molecule has 0 radical (unpaired) electrons. The molecular formula is HIN2S. The van der Waals surface area contributed by atoms with E-state index in [1.165, 1.54) is 0 Å². The summed E-state index contributed by atoms with van der Waals surface area (Å²) in [4.78, 5) is 0. The van der Waals surface area contributed by atoms with Crippen LogP contribution in [0.5, 0.6) is 0 Å². The highest BCUT2D eigenvalue weighted by Crippen LogP contribution is 2.09. The monoisotopic (exact) mass is 188 g/mol. The van der Waals surface area contributed by atoms with Crippen LogP contribution in [-0.4, -0.2) is 0 Å². The van der Waals surface area contributed by atoms with Gasteiger partial charge in [-0.15, -0.1) is 4.52 Å². The molecule has 0 amide bonds. The van der Waals surface area contributed by atoms with Gasteiger partial charge in [0.1, 0.15) is 0 Å². The average molecular weight is 188 g/mol. The number of halogens is 1. The fourth-order valence-electron chi connectivity index (χ4n) is 0. The van der Waals surface area contributed by atoms with Gasteiger partial charge in [0.2, 0.25) is 0 Å².